The van der Waals surface area contributed by atoms with E-state index >= 15 is 0 Å². The second kappa shape index (κ2) is 9.05. The summed E-state index contributed by atoms with van der Waals surface area (Å²) in [6.07, 6.45) is 4.41. The van der Waals surface area contributed by atoms with Gasteiger partial charge < -0.3 is 5.32 Å². The van der Waals surface area contributed by atoms with E-state index in [2.05, 4.69) is 22.5 Å². The van der Waals surface area contributed by atoms with E-state index in [0.717, 1.165) is 40.4 Å². The Bertz CT molecular complexity index is 1240. The standard InChI is InChI=1S/C23H25ClN4O3S/c1-27(2)32(30,31)17-11-12-20(24)18(13-17)23(29)26-21-9-6-10-22-19(21)14-25-28(22)15-16-7-4-3-5-8-16/h3-5,7-8,11-14,21H,6,9-10,15H2,1-2H3,(H,26,29). The van der Waals surface area contributed by atoms with Crippen molar-refractivity contribution in [3.63, 3.8) is 0 Å². The molecule has 0 bridgehead atoms. The maximum absolute atomic E-state index is 13.1. The lowest BCUT2D eigenvalue weighted by Crippen LogP contribution is -2.31. The molecular weight excluding hydrogens is 448 g/mol. The molecule has 7 nitrogen and oxygen atoms in total. The van der Waals surface area contributed by atoms with Crippen LogP contribution in [0.25, 0.3) is 0 Å². The van der Waals surface area contributed by atoms with Gasteiger partial charge in [0.2, 0.25) is 10.0 Å². The van der Waals surface area contributed by atoms with Gasteiger partial charge in [-0.3, -0.25) is 9.48 Å². The van der Waals surface area contributed by atoms with Crippen molar-refractivity contribution in [1.29, 1.82) is 0 Å². The number of benzene rings is 2. The van der Waals surface area contributed by atoms with Crippen LogP contribution in [0.5, 0.6) is 0 Å². The number of carbonyl (C=O) groups is 1. The molecule has 1 unspecified atom stereocenters. The number of hydrogen-bond acceptors (Lipinski definition) is 4. The highest BCUT2D eigenvalue weighted by Crippen LogP contribution is 2.31. The van der Waals surface area contributed by atoms with Crippen LogP contribution in [0, 0.1) is 0 Å². The van der Waals surface area contributed by atoms with Gasteiger partial charge in [0, 0.05) is 25.4 Å². The predicted molar refractivity (Wildman–Crippen MR) is 123 cm³/mol. The molecule has 0 saturated carbocycles. The van der Waals surface area contributed by atoms with E-state index in [1.165, 1.54) is 32.3 Å². The molecule has 0 aliphatic heterocycles. The molecule has 1 heterocycles. The third kappa shape index (κ3) is 4.44. The topological polar surface area (TPSA) is 84.3 Å². The molecule has 1 amide bonds. The van der Waals surface area contributed by atoms with E-state index in [1.807, 2.05) is 29.1 Å². The normalized spacial score (nSPS) is 16.1. The number of nitrogens with zero attached hydrogens (tertiary/aromatic N) is 3. The molecule has 0 fully saturated rings. The quantitative estimate of drug-likeness (QED) is 0.593. The van der Waals surface area contributed by atoms with Gasteiger partial charge in [-0.05, 0) is 43.0 Å². The smallest absolute Gasteiger partial charge is 0.253 e. The molecule has 9 heteroatoms. The Morgan fingerprint density at radius 1 is 1.22 bits per heavy atom. The summed E-state index contributed by atoms with van der Waals surface area (Å²) < 4.78 is 28.0. The molecule has 1 atom stereocenters. The Labute approximate surface area is 193 Å². The molecule has 0 radical (unpaired) electrons. The van der Waals surface area contributed by atoms with Crippen LogP contribution >= 0.6 is 11.6 Å². The average Bonchev–Trinajstić information content (AvgIpc) is 3.18. The lowest BCUT2D eigenvalue weighted by atomic mass is 9.92. The van der Waals surface area contributed by atoms with E-state index in [-0.39, 0.29) is 21.5 Å². The molecule has 1 aliphatic carbocycles. The van der Waals surface area contributed by atoms with Gasteiger partial charge in [0.1, 0.15) is 0 Å². The molecule has 4 rings (SSSR count). The van der Waals surface area contributed by atoms with Crippen LogP contribution in [-0.4, -0.2) is 42.5 Å². The van der Waals surface area contributed by atoms with Crippen molar-refractivity contribution in [2.75, 3.05) is 14.1 Å². The summed E-state index contributed by atoms with van der Waals surface area (Å²) in [5.74, 6) is -0.403. The fraction of sp³-hybridized carbons (Fsp3) is 0.304. The first-order valence-electron chi connectivity index (χ1n) is 10.4. The van der Waals surface area contributed by atoms with Gasteiger partial charge >= 0.3 is 0 Å². The lowest BCUT2D eigenvalue weighted by molar-refractivity contribution is 0.0932. The minimum Gasteiger partial charge on any atom is -0.345 e. The summed E-state index contributed by atoms with van der Waals surface area (Å²) in [7, 11) is -0.787. The summed E-state index contributed by atoms with van der Waals surface area (Å²) in [4.78, 5) is 13.1. The summed E-state index contributed by atoms with van der Waals surface area (Å²) in [5, 5.41) is 7.80. The van der Waals surface area contributed by atoms with Gasteiger partial charge in [0.15, 0.2) is 0 Å². The highest BCUT2D eigenvalue weighted by molar-refractivity contribution is 7.89. The Balaban J connectivity index is 1.57. The number of halogens is 1. The first-order valence-corrected chi connectivity index (χ1v) is 12.2. The Kier molecular flexibility index (Phi) is 6.37. The third-order valence-electron chi connectivity index (χ3n) is 5.70. The van der Waals surface area contributed by atoms with Crippen molar-refractivity contribution >= 4 is 27.5 Å². The number of carbonyl (C=O) groups excluding carboxylic acids is 1. The molecular formula is C23H25ClN4O3S. The molecule has 32 heavy (non-hydrogen) atoms. The van der Waals surface area contributed by atoms with Crippen molar-refractivity contribution < 1.29 is 13.2 Å². The third-order valence-corrected chi connectivity index (χ3v) is 7.84. The van der Waals surface area contributed by atoms with Gasteiger partial charge in [0.05, 0.1) is 34.3 Å². The Morgan fingerprint density at radius 2 is 1.97 bits per heavy atom. The fourth-order valence-corrected chi connectivity index (χ4v) is 5.08. The molecule has 1 aliphatic rings. The van der Waals surface area contributed by atoms with Crippen molar-refractivity contribution in [2.24, 2.45) is 0 Å². The lowest BCUT2D eigenvalue weighted by Gasteiger charge is -2.24. The summed E-state index contributed by atoms with van der Waals surface area (Å²) in [5.41, 5.74) is 3.41. The second-order valence-electron chi connectivity index (χ2n) is 8.04. The summed E-state index contributed by atoms with van der Waals surface area (Å²) >= 11 is 6.25. The van der Waals surface area contributed by atoms with E-state index in [9.17, 15) is 13.2 Å². The Hall–Kier alpha value is -2.68. The zero-order chi connectivity index (χ0) is 22.9. The number of rotatable bonds is 6. The molecule has 1 aromatic heterocycles. The van der Waals surface area contributed by atoms with E-state index < -0.39 is 15.9 Å². The van der Waals surface area contributed by atoms with Gasteiger partial charge in [-0.2, -0.15) is 5.10 Å². The largest absolute Gasteiger partial charge is 0.345 e. The van der Waals surface area contributed by atoms with Crippen LogP contribution < -0.4 is 5.32 Å². The molecule has 1 N–H and O–H groups in total. The zero-order valence-corrected chi connectivity index (χ0v) is 19.5. The van der Waals surface area contributed by atoms with Gasteiger partial charge in [-0.1, -0.05) is 41.9 Å². The predicted octanol–water partition coefficient (Wildman–Crippen LogP) is 3.64. The van der Waals surface area contributed by atoms with Crippen LogP contribution in [0.1, 0.15) is 46.1 Å². The van der Waals surface area contributed by atoms with Crippen molar-refractivity contribution in [3.8, 4) is 0 Å². The molecule has 168 valence electrons. The van der Waals surface area contributed by atoms with E-state index in [0.29, 0.717) is 6.54 Å². The number of amides is 1. The zero-order valence-electron chi connectivity index (χ0n) is 18.0. The maximum atomic E-state index is 13.1. The summed E-state index contributed by atoms with van der Waals surface area (Å²) in [6, 6.07) is 14.1. The van der Waals surface area contributed by atoms with Crippen molar-refractivity contribution in [1.82, 2.24) is 19.4 Å². The molecule has 0 saturated heterocycles. The maximum Gasteiger partial charge on any atom is 0.253 e. The second-order valence-corrected chi connectivity index (χ2v) is 10.6. The van der Waals surface area contributed by atoms with Crippen LogP contribution in [0.4, 0.5) is 0 Å². The molecule has 3 aromatic rings. The number of sulfonamides is 1. The van der Waals surface area contributed by atoms with Gasteiger partial charge in [-0.15, -0.1) is 0 Å². The van der Waals surface area contributed by atoms with Gasteiger partial charge in [-0.25, -0.2) is 12.7 Å². The molecule has 2 aromatic carbocycles. The number of fused-ring (bicyclic) bond motifs is 1. The minimum atomic E-state index is -3.68. The van der Waals surface area contributed by atoms with Crippen molar-refractivity contribution in [2.45, 2.75) is 36.7 Å². The van der Waals surface area contributed by atoms with E-state index in [4.69, 9.17) is 11.6 Å². The van der Waals surface area contributed by atoms with Crippen LogP contribution in [0.3, 0.4) is 0 Å². The number of nitrogens with one attached hydrogen (secondary N) is 1. The molecule has 0 spiro atoms. The van der Waals surface area contributed by atoms with Gasteiger partial charge in [0.25, 0.3) is 5.91 Å². The minimum absolute atomic E-state index is 0.0251. The average molecular weight is 473 g/mol. The SMILES string of the molecule is CN(C)S(=O)(=O)c1ccc(Cl)c(C(=O)NC2CCCc3c2cnn3Cc2ccccc2)c1. The number of aromatic nitrogens is 2. The fourth-order valence-electron chi connectivity index (χ4n) is 3.95. The monoisotopic (exact) mass is 472 g/mol. The first kappa shape index (κ1) is 22.5. The summed E-state index contributed by atoms with van der Waals surface area (Å²) in [6.45, 7) is 0.674. The first-order chi connectivity index (χ1) is 15.3. The highest BCUT2D eigenvalue weighted by atomic mass is 35.5. The highest BCUT2D eigenvalue weighted by Gasteiger charge is 2.27. The van der Waals surface area contributed by atoms with Crippen molar-refractivity contribution in [3.05, 3.63) is 82.1 Å². The van der Waals surface area contributed by atoms with E-state index in [1.54, 1.807) is 0 Å². The Morgan fingerprint density at radius 3 is 2.69 bits per heavy atom. The van der Waals surface area contributed by atoms with Crippen LogP contribution in [0.15, 0.2) is 59.6 Å². The number of hydrogen-bond donors (Lipinski definition) is 1. The van der Waals surface area contributed by atoms with Crippen LogP contribution in [0.2, 0.25) is 5.02 Å². The van der Waals surface area contributed by atoms with Crippen LogP contribution in [-0.2, 0) is 23.0 Å².